The molecule has 2 aromatic rings. The van der Waals surface area contributed by atoms with Crippen molar-refractivity contribution in [2.75, 3.05) is 26.6 Å². The summed E-state index contributed by atoms with van der Waals surface area (Å²) >= 11 is 0. The predicted octanol–water partition coefficient (Wildman–Crippen LogP) is 3.87. The van der Waals surface area contributed by atoms with Crippen molar-refractivity contribution in [1.29, 1.82) is 0 Å². The summed E-state index contributed by atoms with van der Waals surface area (Å²) in [6.45, 7) is 5.42. The summed E-state index contributed by atoms with van der Waals surface area (Å²) in [6.07, 6.45) is -0.678. The molecule has 15 nitrogen and oxygen atoms in total. The monoisotopic (exact) mass is 604 g/mol. The molecule has 0 spiro atoms. The van der Waals surface area contributed by atoms with Gasteiger partial charge in [-0.15, -0.1) is 4.91 Å². The molecule has 0 heterocycles. The molecule has 15 heteroatoms. The second-order valence-corrected chi connectivity index (χ2v) is 9.50. The van der Waals surface area contributed by atoms with Gasteiger partial charge in [0.05, 0.1) is 18.6 Å². The lowest BCUT2D eigenvalue weighted by atomic mass is 10.2. The maximum Gasteiger partial charge on any atom is 0.407 e. The van der Waals surface area contributed by atoms with Gasteiger partial charge in [0, 0.05) is 19.9 Å². The van der Waals surface area contributed by atoms with Crippen LogP contribution in [0.4, 0.5) is 4.79 Å². The summed E-state index contributed by atoms with van der Waals surface area (Å²) < 4.78 is 31.0. The lowest BCUT2D eigenvalue weighted by molar-refractivity contribution is -0.134. The number of esters is 4. The van der Waals surface area contributed by atoms with Gasteiger partial charge in [-0.3, -0.25) is 9.59 Å². The van der Waals surface area contributed by atoms with Crippen molar-refractivity contribution in [1.82, 2.24) is 5.32 Å². The topological polar surface area (TPSA) is 191 Å². The lowest BCUT2D eigenvalue weighted by Crippen LogP contribution is -2.34. The largest absolute Gasteiger partial charge is 0.490 e. The Kier molecular flexibility index (Phi) is 13.4. The van der Waals surface area contributed by atoms with Gasteiger partial charge in [-0.1, -0.05) is 12.1 Å². The highest BCUT2D eigenvalue weighted by atomic mass is 16.7. The maximum absolute atomic E-state index is 12.6. The first-order valence-electron chi connectivity index (χ1n) is 12.9. The molecule has 43 heavy (non-hydrogen) atoms. The predicted molar refractivity (Wildman–Crippen MR) is 146 cm³/mol. The first-order valence-corrected chi connectivity index (χ1v) is 12.9. The van der Waals surface area contributed by atoms with E-state index in [-0.39, 0.29) is 61.0 Å². The Morgan fingerprint density at radius 2 is 1.58 bits per heavy atom. The molecule has 0 aliphatic carbocycles. The van der Waals surface area contributed by atoms with Crippen LogP contribution in [0.1, 0.15) is 61.3 Å². The van der Waals surface area contributed by atoms with Crippen LogP contribution in [0.3, 0.4) is 0 Å². The van der Waals surface area contributed by atoms with E-state index in [1.54, 1.807) is 26.8 Å². The van der Waals surface area contributed by atoms with Crippen molar-refractivity contribution in [3.8, 4) is 17.2 Å². The maximum atomic E-state index is 12.6. The molecule has 2 rings (SSSR count). The summed E-state index contributed by atoms with van der Waals surface area (Å²) in [5, 5.41) is 4.71. The average Bonchev–Trinajstić information content (AvgIpc) is 2.92. The van der Waals surface area contributed by atoms with E-state index in [9.17, 15) is 28.9 Å². The second kappa shape index (κ2) is 16.9. The molecule has 1 N–H and O–H groups in total. The first-order chi connectivity index (χ1) is 20.4. The van der Waals surface area contributed by atoms with Gasteiger partial charge in [0.25, 0.3) is 0 Å². The Hall–Kier alpha value is -5.21. The van der Waals surface area contributed by atoms with Crippen LogP contribution in [-0.4, -0.2) is 62.1 Å². The fourth-order valence-corrected chi connectivity index (χ4v) is 3.11. The van der Waals surface area contributed by atoms with E-state index < -0.39 is 42.4 Å². The molecule has 0 aliphatic rings. The summed E-state index contributed by atoms with van der Waals surface area (Å²) in [7, 11) is 0. The molecule has 2 aromatic carbocycles. The molecular weight excluding hydrogens is 572 g/mol. The number of carbonyl (C=O) groups excluding carboxylic acids is 5. The molecule has 0 saturated carbocycles. The number of nitrogens with zero attached hydrogens (tertiary/aromatic N) is 1. The zero-order chi connectivity index (χ0) is 31.8. The standard InChI is InChI=1S/C28H32N2O13/c1-18(31)41-21-9-6-5-8-20(21)26(34)39-17-38-25(33)19-10-11-22(37-14-7-15-40-30-36)23(16-19)42-24(32)12-13-29-27(35)43-28(2,3)4/h5-6,8-11,16H,7,12-15,17H2,1-4H3,(H,29,35). The van der Waals surface area contributed by atoms with E-state index in [1.165, 1.54) is 43.3 Å². The molecular formula is C28H32N2O13. The van der Waals surface area contributed by atoms with Gasteiger partial charge in [-0.05, 0) is 51.1 Å². The van der Waals surface area contributed by atoms with Crippen LogP contribution in [0.5, 0.6) is 17.2 Å². The van der Waals surface area contributed by atoms with E-state index in [0.717, 1.165) is 0 Å². The van der Waals surface area contributed by atoms with E-state index in [2.05, 4.69) is 15.5 Å². The molecule has 0 atom stereocenters. The minimum Gasteiger partial charge on any atom is -0.490 e. The molecule has 0 unspecified atom stereocenters. The van der Waals surface area contributed by atoms with E-state index in [0.29, 0.717) is 0 Å². The van der Waals surface area contributed by atoms with Crippen LogP contribution >= 0.6 is 0 Å². The molecule has 0 aromatic heterocycles. The molecule has 0 saturated heterocycles. The third kappa shape index (κ3) is 12.9. The van der Waals surface area contributed by atoms with Crippen molar-refractivity contribution in [2.24, 2.45) is 5.34 Å². The Morgan fingerprint density at radius 3 is 2.28 bits per heavy atom. The summed E-state index contributed by atoms with van der Waals surface area (Å²) in [5.41, 5.74) is -0.849. The van der Waals surface area contributed by atoms with Gasteiger partial charge in [0.2, 0.25) is 6.79 Å². The molecule has 0 aliphatic heterocycles. The number of hydrogen-bond acceptors (Lipinski definition) is 14. The van der Waals surface area contributed by atoms with Crippen LogP contribution in [0.2, 0.25) is 0 Å². The normalized spacial score (nSPS) is 10.5. The lowest BCUT2D eigenvalue weighted by Gasteiger charge is -2.19. The summed E-state index contributed by atoms with van der Waals surface area (Å²) in [5.74, 6) is -3.32. The Labute approximate surface area is 246 Å². The SMILES string of the molecule is CC(=O)Oc1ccccc1C(=O)OCOC(=O)c1ccc(OCCCON=O)c(OC(=O)CCNC(=O)OC(C)(C)C)c1. The number of carbonyl (C=O) groups is 5. The van der Waals surface area contributed by atoms with Gasteiger partial charge < -0.3 is 38.6 Å². The Morgan fingerprint density at radius 1 is 0.860 bits per heavy atom. The molecule has 0 radical (unpaired) electrons. The summed E-state index contributed by atoms with van der Waals surface area (Å²) in [6, 6.07) is 9.70. The fourth-order valence-electron chi connectivity index (χ4n) is 3.11. The van der Waals surface area contributed by atoms with E-state index >= 15 is 0 Å². The number of hydrogen-bond donors (Lipinski definition) is 1. The minimum atomic E-state index is -0.929. The van der Waals surface area contributed by atoms with Crippen LogP contribution in [-0.2, 0) is 28.6 Å². The number of ether oxygens (including phenoxy) is 6. The van der Waals surface area contributed by atoms with Crippen molar-refractivity contribution in [3.05, 3.63) is 58.5 Å². The van der Waals surface area contributed by atoms with Gasteiger partial charge >= 0.3 is 30.0 Å². The van der Waals surface area contributed by atoms with Crippen LogP contribution in [0.25, 0.3) is 0 Å². The fraction of sp³-hybridized carbons (Fsp3) is 0.393. The van der Waals surface area contributed by atoms with Crippen molar-refractivity contribution >= 4 is 30.0 Å². The van der Waals surface area contributed by atoms with Crippen molar-refractivity contribution in [2.45, 2.75) is 46.1 Å². The number of amides is 1. The molecule has 232 valence electrons. The molecule has 0 bridgehead atoms. The van der Waals surface area contributed by atoms with Gasteiger partial charge in [-0.25, -0.2) is 14.4 Å². The van der Waals surface area contributed by atoms with Crippen LogP contribution in [0.15, 0.2) is 47.8 Å². The highest BCUT2D eigenvalue weighted by Gasteiger charge is 2.20. The van der Waals surface area contributed by atoms with Crippen LogP contribution < -0.4 is 19.5 Å². The third-order valence-electron chi connectivity index (χ3n) is 4.83. The highest BCUT2D eigenvalue weighted by Crippen LogP contribution is 2.29. The summed E-state index contributed by atoms with van der Waals surface area (Å²) in [4.78, 5) is 75.0. The third-order valence-corrected chi connectivity index (χ3v) is 4.83. The number of alkyl carbamates (subject to hydrolysis) is 1. The molecule has 1 amide bonds. The Balaban J connectivity index is 2.03. The van der Waals surface area contributed by atoms with Crippen LogP contribution in [0, 0.1) is 4.91 Å². The smallest absolute Gasteiger partial charge is 0.407 e. The zero-order valence-electron chi connectivity index (χ0n) is 24.0. The van der Waals surface area contributed by atoms with Gasteiger partial charge in [0.1, 0.15) is 23.5 Å². The minimum absolute atomic E-state index is 0.0105. The highest BCUT2D eigenvalue weighted by molar-refractivity contribution is 5.94. The van der Waals surface area contributed by atoms with Crippen molar-refractivity contribution in [3.63, 3.8) is 0 Å². The zero-order valence-corrected chi connectivity index (χ0v) is 24.0. The number of rotatable bonds is 15. The second-order valence-electron chi connectivity index (χ2n) is 9.50. The first kappa shape index (κ1) is 34.0. The Bertz CT molecular complexity index is 1300. The number of nitrogens with one attached hydrogen (secondary N) is 1. The number of para-hydroxylation sites is 1. The van der Waals surface area contributed by atoms with E-state index in [1.807, 2.05) is 0 Å². The van der Waals surface area contributed by atoms with Gasteiger partial charge in [0.15, 0.2) is 16.8 Å². The van der Waals surface area contributed by atoms with E-state index in [4.69, 9.17) is 28.4 Å². The number of benzene rings is 2. The quantitative estimate of drug-likeness (QED) is 0.0770. The van der Waals surface area contributed by atoms with Gasteiger partial charge in [-0.2, -0.15) is 0 Å². The van der Waals surface area contributed by atoms with Crippen molar-refractivity contribution < 1.29 is 57.2 Å². The average molecular weight is 605 g/mol. The molecule has 0 fully saturated rings.